The van der Waals surface area contributed by atoms with E-state index in [1.807, 2.05) is 13.8 Å². The highest BCUT2D eigenvalue weighted by atomic mass is 79.9. The third-order valence-corrected chi connectivity index (χ3v) is 5.37. The van der Waals surface area contributed by atoms with Gasteiger partial charge in [0.25, 0.3) is 0 Å². The Morgan fingerprint density at radius 3 is 2.89 bits per heavy atom. The van der Waals surface area contributed by atoms with Gasteiger partial charge in [0.15, 0.2) is 0 Å². The van der Waals surface area contributed by atoms with Gasteiger partial charge in [-0.2, -0.15) is 0 Å². The fraction of sp³-hybridized carbons (Fsp3) is 0.714. The summed E-state index contributed by atoms with van der Waals surface area (Å²) in [6, 6.07) is 0. The molecule has 1 aliphatic carbocycles. The molecule has 0 aliphatic heterocycles. The fourth-order valence-electron chi connectivity index (χ4n) is 2.98. The number of aryl methyl sites for hydroxylation is 1. The first-order valence-corrected chi connectivity index (χ1v) is 8.09. The van der Waals surface area contributed by atoms with E-state index in [9.17, 15) is 0 Å². The van der Waals surface area contributed by atoms with Crippen LogP contribution in [0.3, 0.4) is 0 Å². The first kappa shape index (κ1) is 15.1. The molecule has 1 N–H and O–H groups in total. The number of aromatic amines is 1. The van der Waals surface area contributed by atoms with Crippen LogP contribution in [0.15, 0.2) is 4.47 Å². The molecule has 0 amide bonds. The topological polar surface area (TPSA) is 37.9 Å². The summed E-state index contributed by atoms with van der Waals surface area (Å²) in [7, 11) is 0. The minimum atomic E-state index is -0.286. The van der Waals surface area contributed by atoms with E-state index in [-0.39, 0.29) is 5.60 Å². The van der Waals surface area contributed by atoms with Gasteiger partial charge >= 0.3 is 0 Å². The van der Waals surface area contributed by atoms with Crippen LogP contribution in [0.2, 0.25) is 0 Å². The lowest BCUT2D eigenvalue weighted by molar-refractivity contribution is -0.0882. The van der Waals surface area contributed by atoms with E-state index in [1.165, 1.54) is 12.8 Å². The first-order valence-electron chi connectivity index (χ1n) is 6.89. The van der Waals surface area contributed by atoms with E-state index in [0.29, 0.717) is 17.2 Å². The SMILES string of the molecule is CCOC1(c2nc(=S)c(Br)c(C)[nH]2)CCCC(C)C1. The summed E-state index contributed by atoms with van der Waals surface area (Å²) < 4.78 is 7.61. The van der Waals surface area contributed by atoms with Crippen molar-refractivity contribution in [1.82, 2.24) is 9.97 Å². The van der Waals surface area contributed by atoms with Crippen LogP contribution >= 0.6 is 28.1 Å². The molecule has 1 heterocycles. The molecule has 1 aromatic rings. The van der Waals surface area contributed by atoms with Crippen LogP contribution < -0.4 is 0 Å². The number of ether oxygens (including phenoxy) is 1. The number of nitrogens with one attached hydrogen (secondary N) is 1. The first-order chi connectivity index (χ1) is 8.98. The number of halogens is 1. The summed E-state index contributed by atoms with van der Waals surface area (Å²) in [5.41, 5.74) is 0.734. The Balaban J connectivity index is 2.47. The monoisotopic (exact) mass is 344 g/mol. The maximum Gasteiger partial charge on any atom is 0.144 e. The highest BCUT2D eigenvalue weighted by Crippen LogP contribution is 2.41. The van der Waals surface area contributed by atoms with Crippen LogP contribution in [0.4, 0.5) is 0 Å². The van der Waals surface area contributed by atoms with Crippen molar-refractivity contribution < 1.29 is 4.74 Å². The van der Waals surface area contributed by atoms with Gasteiger partial charge in [0.1, 0.15) is 16.1 Å². The molecule has 1 aromatic heterocycles. The second kappa shape index (κ2) is 6.02. The molecular formula is C14H21BrN2OS. The Morgan fingerprint density at radius 2 is 2.32 bits per heavy atom. The Kier molecular flexibility index (Phi) is 4.79. The number of hydrogen-bond acceptors (Lipinski definition) is 3. The smallest absolute Gasteiger partial charge is 0.144 e. The zero-order chi connectivity index (χ0) is 14.0. The molecule has 2 unspecified atom stereocenters. The van der Waals surface area contributed by atoms with E-state index >= 15 is 0 Å². The predicted octanol–water partition coefficient (Wildman–Crippen LogP) is 4.65. The lowest BCUT2D eigenvalue weighted by Gasteiger charge is -2.39. The molecule has 0 aromatic carbocycles. The quantitative estimate of drug-likeness (QED) is 0.810. The average molecular weight is 345 g/mol. The maximum absolute atomic E-state index is 6.12. The molecule has 106 valence electrons. The molecule has 0 saturated heterocycles. The van der Waals surface area contributed by atoms with Gasteiger partial charge in [-0.25, -0.2) is 4.98 Å². The highest BCUT2D eigenvalue weighted by molar-refractivity contribution is 9.10. The van der Waals surface area contributed by atoms with E-state index in [4.69, 9.17) is 17.0 Å². The van der Waals surface area contributed by atoms with Crippen LogP contribution in [0.5, 0.6) is 0 Å². The Hall–Kier alpha value is -0.260. The molecule has 1 aliphatic rings. The van der Waals surface area contributed by atoms with Crippen LogP contribution in [0, 0.1) is 17.5 Å². The number of rotatable bonds is 3. The average Bonchev–Trinajstić information content (AvgIpc) is 2.35. The number of hydrogen-bond donors (Lipinski definition) is 1. The molecule has 2 rings (SSSR count). The second-order valence-corrected chi connectivity index (χ2v) is 6.64. The van der Waals surface area contributed by atoms with Crippen LogP contribution in [-0.2, 0) is 10.3 Å². The second-order valence-electron chi connectivity index (χ2n) is 5.46. The van der Waals surface area contributed by atoms with Crippen LogP contribution in [-0.4, -0.2) is 16.6 Å². The summed E-state index contributed by atoms with van der Waals surface area (Å²) >= 11 is 8.79. The minimum Gasteiger partial charge on any atom is -0.367 e. The highest BCUT2D eigenvalue weighted by Gasteiger charge is 2.39. The van der Waals surface area contributed by atoms with Crippen molar-refractivity contribution in [1.29, 1.82) is 0 Å². The summed E-state index contributed by atoms with van der Waals surface area (Å²) in [5, 5.41) is 0. The number of nitrogens with zero attached hydrogens (tertiary/aromatic N) is 1. The number of aromatic nitrogens is 2. The van der Waals surface area contributed by atoms with Gasteiger partial charge in [0, 0.05) is 12.3 Å². The van der Waals surface area contributed by atoms with Gasteiger partial charge in [-0.15, -0.1) is 0 Å². The van der Waals surface area contributed by atoms with Gasteiger partial charge in [-0.3, -0.25) is 0 Å². The normalized spacial score (nSPS) is 27.5. The fourth-order valence-corrected chi connectivity index (χ4v) is 3.41. The van der Waals surface area contributed by atoms with E-state index in [1.54, 1.807) is 0 Å². The van der Waals surface area contributed by atoms with Crippen molar-refractivity contribution in [2.24, 2.45) is 5.92 Å². The summed E-state index contributed by atoms with van der Waals surface area (Å²) in [4.78, 5) is 7.95. The lowest BCUT2D eigenvalue weighted by Crippen LogP contribution is -2.37. The largest absolute Gasteiger partial charge is 0.367 e. The van der Waals surface area contributed by atoms with E-state index in [0.717, 1.165) is 28.8 Å². The lowest BCUT2D eigenvalue weighted by atomic mass is 9.78. The Labute approximate surface area is 128 Å². The van der Waals surface area contributed by atoms with Crippen molar-refractivity contribution in [3.8, 4) is 0 Å². The van der Waals surface area contributed by atoms with Crippen molar-refractivity contribution >= 4 is 28.1 Å². The molecule has 0 spiro atoms. The van der Waals surface area contributed by atoms with Crippen LogP contribution in [0.25, 0.3) is 0 Å². The third-order valence-electron chi connectivity index (χ3n) is 3.84. The molecular weight excluding hydrogens is 324 g/mol. The standard InChI is InChI=1S/C14H21BrN2OS/c1-4-18-14(7-5-6-9(2)8-14)13-16-10(3)11(15)12(19)17-13/h9H,4-8H2,1-3H3,(H,16,17,19). The molecule has 0 radical (unpaired) electrons. The van der Waals surface area contributed by atoms with E-state index < -0.39 is 0 Å². The zero-order valence-electron chi connectivity index (χ0n) is 11.8. The van der Waals surface area contributed by atoms with Gasteiger partial charge < -0.3 is 9.72 Å². The van der Waals surface area contributed by atoms with Crippen molar-refractivity contribution in [2.45, 2.75) is 52.1 Å². The number of H-pyrrole nitrogens is 1. The summed E-state index contributed by atoms with van der Waals surface area (Å²) in [6.45, 7) is 7.04. The Morgan fingerprint density at radius 1 is 1.58 bits per heavy atom. The molecule has 1 fully saturated rings. The van der Waals surface area contributed by atoms with E-state index in [2.05, 4.69) is 32.8 Å². The molecule has 5 heteroatoms. The molecule has 3 nitrogen and oxygen atoms in total. The Bertz CT molecular complexity index is 513. The van der Waals surface area contributed by atoms with Gasteiger partial charge in [-0.1, -0.05) is 25.6 Å². The maximum atomic E-state index is 6.12. The predicted molar refractivity (Wildman–Crippen MR) is 82.8 cm³/mol. The van der Waals surface area contributed by atoms with Gasteiger partial charge in [-0.05, 0) is 55.0 Å². The van der Waals surface area contributed by atoms with Gasteiger partial charge in [0.2, 0.25) is 0 Å². The molecule has 0 bridgehead atoms. The summed E-state index contributed by atoms with van der Waals surface area (Å²) in [6.07, 6.45) is 4.48. The summed E-state index contributed by atoms with van der Waals surface area (Å²) in [5.74, 6) is 1.56. The molecule has 2 atom stereocenters. The third kappa shape index (κ3) is 3.09. The van der Waals surface area contributed by atoms with Crippen molar-refractivity contribution in [2.75, 3.05) is 6.61 Å². The molecule has 1 saturated carbocycles. The van der Waals surface area contributed by atoms with Crippen molar-refractivity contribution in [3.63, 3.8) is 0 Å². The van der Waals surface area contributed by atoms with Crippen LogP contribution in [0.1, 0.15) is 51.0 Å². The van der Waals surface area contributed by atoms with Crippen molar-refractivity contribution in [3.05, 3.63) is 20.6 Å². The zero-order valence-corrected chi connectivity index (χ0v) is 14.2. The van der Waals surface area contributed by atoms with Gasteiger partial charge in [0.05, 0.1) is 4.47 Å². The molecule has 19 heavy (non-hydrogen) atoms. The minimum absolute atomic E-state index is 0.286.